The van der Waals surface area contributed by atoms with Crippen LogP contribution in [-0.2, 0) is 0 Å². The summed E-state index contributed by atoms with van der Waals surface area (Å²) in [6.45, 7) is 0.446. The molecule has 12 heavy (non-hydrogen) atoms. The van der Waals surface area contributed by atoms with Crippen LogP contribution in [0, 0.1) is 0 Å². The van der Waals surface area contributed by atoms with E-state index in [-0.39, 0.29) is 25.9 Å². The Morgan fingerprint density at radius 3 is 2.33 bits per heavy atom. The number of alkyl halides is 2. The van der Waals surface area contributed by atoms with E-state index in [1.807, 2.05) is 0 Å². The Labute approximate surface area is 73.4 Å². The first-order valence-corrected chi connectivity index (χ1v) is 4.37. The fourth-order valence-electron chi connectivity index (χ4n) is 1.03. The number of carbonyl (C=O) groups excluding carboxylic acids is 1. The number of hydrogen-bond acceptors (Lipinski definition) is 3. The zero-order valence-electron chi connectivity index (χ0n) is 6.43. The van der Waals surface area contributed by atoms with Gasteiger partial charge in [-0.25, -0.2) is 13.1 Å². The Morgan fingerprint density at radius 2 is 1.92 bits per heavy atom. The van der Waals surface area contributed by atoms with Gasteiger partial charge in [-0.15, -0.1) is 0 Å². The molecule has 0 bridgehead atoms. The molecular formula is C6H10F2N2OS. The third kappa shape index (κ3) is 2.94. The third-order valence-electron chi connectivity index (χ3n) is 1.67. The van der Waals surface area contributed by atoms with Crippen molar-refractivity contribution < 1.29 is 13.6 Å². The molecule has 1 rings (SSSR count). The molecule has 6 heteroatoms. The van der Waals surface area contributed by atoms with Gasteiger partial charge in [0.2, 0.25) is 0 Å². The molecule has 1 heterocycles. The van der Waals surface area contributed by atoms with E-state index in [9.17, 15) is 13.6 Å². The molecule has 1 saturated heterocycles. The van der Waals surface area contributed by atoms with Crippen molar-refractivity contribution in [1.29, 1.82) is 0 Å². The van der Waals surface area contributed by atoms with Gasteiger partial charge in [0, 0.05) is 37.9 Å². The van der Waals surface area contributed by atoms with Crippen LogP contribution in [0.5, 0.6) is 0 Å². The minimum absolute atomic E-state index is 0.187. The Bertz CT molecular complexity index is 178. The second kappa shape index (κ2) is 3.57. The molecule has 1 fully saturated rings. The number of hydrogen-bond donors (Lipinski definition) is 1. The number of piperidine rings is 1. The zero-order chi connectivity index (χ0) is 9.19. The summed E-state index contributed by atoms with van der Waals surface area (Å²) in [6.07, 6.45) is -0.374. The van der Waals surface area contributed by atoms with Crippen LogP contribution in [0.2, 0.25) is 0 Å². The number of primary amides is 1. The van der Waals surface area contributed by atoms with E-state index in [1.165, 1.54) is 0 Å². The summed E-state index contributed by atoms with van der Waals surface area (Å²) in [7, 11) is 0. The van der Waals surface area contributed by atoms with E-state index >= 15 is 0 Å². The van der Waals surface area contributed by atoms with Gasteiger partial charge in [0.05, 0.1) is 0 Å². The highest BCUT2D eigenvalue weighted by molar-refractivity contribution is 8.11. The Kier molecular flexibility index (Phi) is 2.89. The van der Waals surface area contributed by atoms with E-state index in [1.54, 1.807) is 4.31 Å². The summed E-state index contributed by atoms with van der Waals surface area (Å²) in [4.78, 5) is 10.4. The molecule has 0 aromatic rings. The first-order valence-electron chi connectivity index (χ1n) is 3.60. The number of nitrogens with two attached hydrogens (primary N) is 1. The molecule has 0 atom stereocenters. The predicted octanol–water partition coefficient (Wildman–Crippen LogP) is 1.44. The van der Waals surface area contributed by atoms with E-state index in [0.717, 1.165) is 11.9 Å². The quantitative estimate of drug-likeness (QED) is 0.645. The summed E-state index contributed by atoms with van der Waals surface area (Å²) in [5.41, 5.74) is 4.89. The van der Waals surface area contributed by atoms with Crippen molar-refractivity contribution in [2.75, 3.05) is 13.1 Å². The van der Waals surface area contributed by atoms with Crippen LogP contribution in [0.25, 0.3) is 0 Å². The lowest BCUT2D eigenvalue weighted by atomic mass is 10.1. The number of rotatable bonds is 1. The summed E-state index contributed by atoms with van der Waals surface area (Å²) in [5.74, 6) is -2.56. The number of amides is 1. The maximum absolute atomic E-state index is 12.6. The highest BCUT2D eigenvalue weighted by atomic mass is 32.2. The summed E-state index contributed by atoms with van der Waals surface area (Å²) >= 11 is 0.815. The molecule has 1 aliphatic heterocycles. The standard InChI is InChI=1S/C6H10F2N2OS/c7-6(8)1-3-10(4-2-6)12-5(9)11/h1-4H2,(H2,9,11). The largest absolute Gasteiger partial charge is 0.359 e. The van der Waals surface area contributed by atoms with Gasteiger partial charge < -0.3 is 5.73 Å². The van der Waals surface area contributed by atoms with Crippen LogP contribution in [-0.4, -0.2) is 28.6 Å². The maximum Gasteiger partial charge on any atom is 0.291 e. The Balaban J connectivity index is 2.31. The number of nitrogens with zero attached hydrogens (tertiary/aromatic N) is 1. The lowest BCUT2D eigenvalue weighted by Crippen LogP contribution is -2.36. The molecule has 1 aliphatic rings. The second-order valence-corrected chi connectivity index (χ2v) is 3.80. The molecule has 70 valence electrons. The van der Waals surface area contributed by atoms with Gasteiger partial charge in [-0.05, 0) is 0 Å². The summed E-state index contributed by atoms with van der Waals surface area (Å²) in [5, 5.41) is -0.541. The fraction of sp³-hybridized carbons (Fsp3) is 0.833. The minimum Gasteiger partial charge on any atom is -0.359 e. The van der Waals surface area contributed by atoms with Crippen molar-refractivity contribution in [2.45, 2.75) is 18.8 Å². The normalized spacial score (nSPS) is 23.8. The van der Waals surface area contributed by atoms with Crippen LogP contribution in [0.15, 0.2) is 0 Å². The number of halogens is 2. The van der Waals surface area contributed by atoms with Crippen LogP contribution < -0.4 is 5.73 Å². The predicted molar refractivity (Wildman–Crippen MR) is 42.9 cm³/mol. The summed E-state index contributed by atoms with van der Waals surface area (Å²) in [6, 6.07) is 0. The molecule has 0 aromatic heterocycles. The molecule has 0 unspecified atom stereocenters. The molecule has 0 aliphatic carbocycles. The molecule has 0 aromatic carbocycles. The number of carbonyl (C=O) groups is 1. The maximum atomic E-state index is 12.6. The topological polar surface area (TPSA) is 46.3 Å². The van der Waals surface area contributed by atoms with E-state index in [2.05, 4.69) is 0 Å². The molecule has 0 radical (unpaired) electrons. The summed E-state index contributed by atoms with van der Waals surface area (Å²) < 4.78 is 26.7. The highest BCUT2D eigenvalue weighted by Crippen LogP contribution is 2.30. The zero-order valence-corrected chi connectivity index (χ0v) is 7.24. The van der Waals surface area contributed by atoms with Crippen LogP contribution in [0.4, 0.5) is 13.6 Å². The second-order valence-electron chi connectivity index (χ2n) is 2.70. The van der Waals surface area contributed by atoms with Gasteiger partial charge in [0.15, 0.2) is 0 Å². The van der Waals surface area contributed by atoms with Crippen molar-refractivity contribution in [1.82, 2.24) is 4.31 Å². The van der Waals surface area contributed by atoms with Gasteiger partial charge in [0.25, 0.3) is 11.2 Å². The van der Waals surface area contributed by atoms with Crippen molar-refractivity contribution in [3.05, 3.63) is 0 Å². The van der Waals surface area contributed by atoms with E-state index in [4.69, 9.17) is 5.73 Å². The van der Waals surface area contributed by atoms with Crippen molar-refractivity contribution in [3.8, 4) is 0 Å². The lowest BCUT2D eigenvalue weighted by Gasteiger charge is -2.29. The Morgan fingerprint density at radius 1 is 1.42 bits per heavy atom. The van der Waals surface area contributed by atoms with Crippen LogP contribution >= 0.6 is 11.9 Å². The average Bonchev–Trinajstić information content (AvgIpc) is 1.93. The van der Waals surface area contributed by atoms with Gasteiger partial charge in [-0.1, -0.05) is 0 Å². The fourth-order valence-corrected chi connectivity index (χ4v) is 1.65. The average molecular weight is 196 g/mol. The SMILES string of the molecule is NC(=O)SN1CCC(F)(F)CC1. The third-order valence-corrected chi connectivity index (χ3v) is 2.48. The van der Waals surface area contributed by atoms with Gasteiger partial charge in [0.1, 0.15) is 0 Å². The van der Waals surface area contributed by atoms with Crippen LogP contribution in [0.1, 0.15) is 12.8 Å². The molecule has 3 nitrogen and oxygen atoms in total. The minimum atomic E-state index is -2.56. The van der Waals surface area contributed by atoms with Gasteiger partial charge in [-0.3, -0.25) is 4.79 Å². The first kappa shape index (κ1) is 9.73. The van der Waals surface area contributed by atoms with Gasteiger partial charge in [-0.2, -0.15) is 0 Å². The monoisotopic (exact) mass is 196 g/mol. The van der Waals surface area contributed by atoms with Crippen LogP contribution in [0.3, 0.4) is 0 Å². The van der Waals surface area contributed by atoms with Gasteiger partial charge >= 0.3 is 0 Å². The van der Waals surface area contributed by atoms with E-state index in [0.29, 0.717) is 0 Å². The Hall–Kier alpha value is -0.360. The molecule has 1 amide bonds. The molecule has 2 N–H and O–H groups in total. The lowest BCUT2D eigenvalue weighted by molar-refractivity contribution is -0.0398. The van der Waals surface area contributed by atoms with Crippen molar-refractivity contribution in [2.24, 2.45) is 5.73 Å². The molecule has 0 saturated carbocycles. The molecular weight excluding hydrogens is 186 g/mol. The molecule has 0 spiro atoms. The highest BCUT2D eigenvalue weighted by Gasteiger charge is 2.34. The first-order chi connectivity index (χ1) is 5.49. The van der Waals surface area contributed by atoms with Crippen molar-refractivity contribution >= 4 is 17.2 Å². The van der Waals surface area contributed by atoms with E-state index < -0.39 is 11.2 Å². The smallest absolute Gasteiger partial charge is 0.291 e. The van der Waals surface area contributed by atoms with Crippen molar-refractivity contribution in [3.63, 3.8) is 0 Å².